The molecule has 1 aromatic carbocycles. The van der Waals surface area contributed by atoms with Crippen LogP contribution in [-0.4, -0.2) is 89.1 Å². The Morgan fingerprint density at radius 1 is 1.14 bits per heavy atom. The second-order valence-electron chi connectivity index (χ2n) is 6.35. The molecule has 0 aliphatic carbocycles. The molecule has 10 nitrogen and oxygen atoms in total. The summed E-state index contributed by atoms with van der Waals surface area (Å²) in [4.78, 5) is 27.4. The van der Waals surface area contributed by atoms with Gasteiger partial charge in [-0.25, -0.2) is 4.79 Å². The molecule has 1 heterocycles. The van der Waals surface area contributed by atoms with Crippen LogP contribution in [0.5, 0.6) is 0 Å². The largest absolute Gasteiger partial charge is 0.445 e. The van der Waals surface area contributed by atoms with Gasteiger partial charge in [-0.15, -0.1) is 0 Å². The molecule has 0 saturated carbocycles. The summed E-state index contributed by atoms with van der Waals surface area (Å²) < 4.78 is 37.6. The number of benzene rings is 1. The van der Waals surface area contributed by atoms with Gasteiger partial charge in [0.25, 0.3) is 10.1 Å². The predicted octanol–water partition coefficient (Wildman–Crippen LogP) is -0.533. The molecule has 1 aliphatic rings. The predicted molar refractivity (Wildman–Crippen MR) is 97.8 cm³/mol. The fourth-order valence-electron chi connectivity index (χ4n) is 3.04. The zero-order chi connectivity index (χ0) is 20.7. The molecule has 0 aromatic heterocycles. The molecular formula is C17H24N2O8S. The molecule has 3 N–H and O–H groups in total. The van der Waals surface area contributed by atoms with Gasteiger partial charge >= 0.3 is 6.09 Å². The Labute approximate surface area is 163 Å². The van der Waals surface area contributed by atoms with Gasteiger partial charge in [-0.2, -0.15) is 8.42 Å². The minimum Gasteiger partial charge on any atom is -0.445 e. The molecule has 0 unspecified atom stereocenters. The maximum atomic E-state index is 12.8. The Morgan fingerprint density at radius 2 is 1.75 bits per heavy atom. The van der Waals surface area contributed by atoms with Gasteiger partial charge in [0.15, 0.2) is 0 Å². The molecule has 1 fully saturated rings. The second kappa shape index (κ2) is 9.82. The van der Waals surface area contributed by atoms with E-state index in [1.165, 1.54) is 0 Å². The minimum atomic E-state index is -4.47. The van der Waals surface area contributed by atoms with Crippen molar-refractivity contribution in [1.82, 2.24) is 9.80 Å². The lowest BCUT2D eigenvalue weighted by molar-refractivity contribution is -0.136. The van der Waals surface area contributed by atoms with Crippen molar-refractivity contribution in [1.29, 1.82) is 0 Å². The molecule has 2 atom stereocenters. The van der Waals surface area contributed by atoms with E-state index in [0.29, 0.717) is 5.56 Å². The quantitative estimate of drug-likeness (QED) is 0.480. The first-order chi connectivity index (χ1) is 13.3. The normalized spacial score (nSPS) is 19.5. The molecule has 2 rings (SSSR count). The van der Waals surface area contributed by atoms with Gasteiger partial charge in [0, 0.05) is 19.6 Å². The first-order valence-electron chi connectivity index (χ1n) is 8.72. The maximum Gasteiger partial charge on any atom is 0.410 e. The van der Waals surface area contributed by atoms with Crippen molar-refractivity contribution < 1.29 is 37.5 Å². The van der Waals surface area contributed by atoms with Crippen LogP contribution in [-0.2, 0) is 26.3 Å². The maximum absolute atomic E-state index is 12.8. The number of carbonyl (C=O) groups excluding carboxylic acids is 2. The second-order valence-corrected chi connectivity index (χ2v) is 8.05. The number of amides is 2. The number of rotatable bonds is 8. The van der Waals surface area contributed by atoms with Crippen molar-refractivity contribution in [3.05, 3.63) is 35.9 Å². The molecule has 0 bridgehead atoms. The Morgan fingerprint density at radius 3 is 2.29 bits per heavy atom. The summed E-state index contributed by atoms with van der Waals surface area (Å²) in [7, 11) is -4.47. The molecule has 28 heavy (non-hydrogen) atoms. The molecule has 0 spiro atoms. The van der Waals surface area contributed by atoms with E-state index in [9.17, 15) is 22.6 Å². The molecular weight excluding hydrogens is 392 g/mol. The molecule has 0 radical (unpaired) electrons. The first kappa shape index (κ1) is 22.1. The highest BCUT2D eigenvalue weighted by Gasteiger charge is 2.46. The van der Waals surface area contributed by atoms with E-state index in [4.69, 9.17) is 14.9 Å². The fraction of sp³-hybridized carbons (Fsp3) is 0.529. The van der Waals surface area contributed by atoms with Gasteiger partial charge in [-0.05, 0) is 12.0 Å². The average Bonchev–Trinajstić information content (AvgIpc) is 3.12. The lowest BCUT2D eigenvalue weighted by Gasteiger charge is -2.29. The van der Waals surface area contributed by atoms with E-state index in [1.807, 2.05) is 0 Å². The summed E-state index contributed by atoms with van der Waals surface area (Å²) in [5.74, 6) is -0.633. The van der Waals surface area contributed by atoms with Crippen molar-refractivity contribution in [2.75, 3.05) is 32.8 Å². The van der Waals surface area contributed by atoms with Gasteiger partial charge < -0.3 is 19.8 Å². The van der Waals surface area contributed by atoms with Crippen LogP contribution >= 0.6 is 0 Å². The topological polar surface area (TPSA) is 145 Å². The number of nitrogens with zero attached hydrogens (tertiary/aromatic N) is 2. The highest BCUT2D eigenvalue weighted by molar-refractivity contribution is 7.86. The zero-order valence-corrected chi connectivity index (χ0v) is 16.0. The lowest BCUT2D eigenvalue weighted by Crippen LogP contribution is -2.49. The molecule has 1 aromatic rings. The standard InChI is InChI=1S/C17H24N2O8S/c20-8-6-18(7-9-21)16(22)15-10-14(28(24,25)26)11-19(15)17(23)27-12-13-4-2-1-3-5-13/h1-5,14-15,20-21H,6-12H2,(H,24,25,26)/t14-,15+/m1/s1. The molecule has 2 amide bonds. The van der Waals surface area contributed by atoms with Crippen LogP contribution in [0.1, 0.15) is 12.0 Å². The summed E-state index contributed by atoms with van der Waals surface area (Å²) in [6.07, 6.45) is -1.19. The smallest absolute Gasteiger partial charge is 0.410 e. The molecule has 11 heteroatoms. The highest BCUT2D eigenvalue weighted by atomic mass is 32.2. The summed E-state index contributed by atoms with van der Waals surface area (Å²) in [5, 5.41) is 16.9. The van der Waals surface area contributed by atoms with E-state index in [2.05, 4.69) is 0 Å². The molecule has 1 aliphatic heterocycles. The number of ether oxygens (including phenoxy) is 1. The van der Waals surface area contributed by atoms with E-state index >= 15 is 0 Å². The van der Waals surface area contributed by atoms with Crippen LogP contribution in [0.25, 0.3) is 0 Å². The van der Waals surface area contributed by atoms with Crippen LogP contribution in [0, 0.1) is 0 Å². The molecule has 1 saturated heterocycles. The summed E-state index contributed by atoms with van der Waals surface area (Å²) in [6, 6.07) is 7.63. The number of aliphatic hydroxyl groups is 2. The van der Waals surface area contributed by atoms with Crippen LogP contribution in [0.15, 0.2) is 30.3 Å². The summed E-state index contributed by atoms with van der Waals surface area (Å²) >= 11 is 0. The van der Waals surface area contributed by atoms with Crippen LogP contribution in [0.2, 0.25) is 0 Å². The van der Waals surface area contributed by atoms with Gasteiger partial charge in [-0.3, -0.25) is 14.2 Å². The van der Waals surface area contributed by atoms with E-state index in [0.717, 1.165) is 9.80 Å². The Bertz CT molecular complexity index is 765. The zero-order valence-electron chi connectivity index (χ0n) is 15.2. The van der Waals surface area contributed by atoms with Gasteiger partial charge in [0.1, 0.15) is 17.9 Å². The highest BCUT2D eigenvalue weighted by Crippen LogP contribution is 2.25. The van der Waals surface area contributed by atoms with Crippen LogP contribution in [0.3, 0.4) is 0 Å². The van der Waals surface area contributed by atoms with Crippen molar-refractivity contribution in [3.63, 3.8) is 0 Å². The molecule has 156 valence electrons. The van der Waals surface area contributed by atoms with Crippen molar-refractivity contribution in [3.8, 4) is 0 Å². The minimum absolute atomic E-state index is 0.0649. The van der Waals surface area contributed by atoms with E-state index in [1.54, 1.807) is 30.3 Å². The third-order valence-corrected chi connectivity index (χ3v) is 5.64. The van der Waals surface area contributed by atoms with Gasteiger partial charge in [0.2, 0.25) is 5.91 Å². The van der Waals surface area contributed by atoms with Crippen LogP contribution < -0.4 is 0 Å². The van der Waals surface area contributed by atoms with Crippen molar-refractivity contribution in [2.45, 2.75) is 24.3 Å². The first-order valence-corrected chi connectivity index (χ1v) is 10.2. The monoisotopic (exact) mass is 416 g/mol. The number of likely N-dealkylation sites (tertiary alicyclic amines) is 1. The number of hydrogen-bond donors (Lipinski definition) is 3. The fourth-order valence-corrected chi connectivity index (χ4v) is 3.81. The summed E-state index contributed by atoms with van der Waals surface area (Å²) in [6.45, 7) is -1.35. The van der Waals surface area contributed by atoms with Gasteiger partial charge in [0.05, 0.1) is 13.2 Å². The van der Waals surface area contributed by atoms with E-state index in [-0.39, 0.29) is 39.3 Å². The third kappa shape index (κ3) is 5.64. The lowest BCUT2D eigenvalue weighted by atomic mass is 10.2. The Hall–Kier alpha value is -2.21. The van der Waals surface area contributed by atoms with Crippen molar-refractivity contribution >= 4 is 22.1 Å². The number of hydrogen-bond acceptors (Lipinski definition) is 7. The summed E-state index contributed by atoms with van der Waals surface area (Å²) in [5.41, 5.74) is 0.714. The number of aliphatic hydroxyl groups excluding tert-OH is 2. The number of carbonyl (C=O) groups is 2. The average molecular weight is 416 g/mol. The Balaban J connectivity index is 2.16. The van der Waals surface area contributed by atoms with Crippen LogP contribution in [0.4, 0.5) is 4.79 Å². The SMILES string of the molecule is O=C([C@@H]1C[C@@H](S(=O)(=O)O)CN1C(=O)OCc1ccccc1)N(CCO)CCO. The third-order valence-electron chi connectivity index (χ3n) is 4.46. The van der Waals surface area contributed by atoms with Crippen molar-refractivity contribution in [2.24, 2.45) is 0 Å². The Kier molecular flexibility index (Phi) is 7.75. The van der Waals surface area contributed by atoms with Gasteiger partial charge in [-0.1, -0.05) is 30.3 Å². The van der Waals surface area contributed by atoms with E-state index < -0.39 is 40.0 Å².